The van der Waals surface area contributed by atoms with E-state index in [9.17, 15) is 4.57 Å². The van der Waals surface area contributed by atoms with Crippen molar-refractivity contribution in [3.63, 3.8) is 0 Å². The number of rotatable bonds is 6. The van der Waals surface area contributed by atoms with Crippen LogP contribution in [0.1, 0.15) is 26.7 Å². The van der Waals surface area contributed by atoms with Crippen molar-refractivity contribution in [2.24, 2.45) is 0 Å². The average molecular weight is 258 g/mol. The zero-order chi connectivity index (χ0) is 12.0. The fourth-order valence-electron chi connectivity index (χ4n) is 1.60. The lowest BCUT2D eigenvalue weighted by Crippen LogP contribution is -2.02. The minimum Gasteiger partial charge on any atom is -0.442 e. The predicted octanol–water partition coefficient (Wildman–Crippen LogP) is 4.45. The standard InChI is InChI=1S/C12H19O2PS/c1-3-9-15(13,10-4-2)14-11-7-5-6-8-12(11)16/h5-8,16H,3-4,9-10H2,1-2H3. The van der Waals surface area contributed by atoms with Crippen LogP contribution < -0.4 is 4.52 Å². The zero-order valence-electron chi connectivity index (χ0n) is 9.85. The molecule has 0 atom stereocenters. The second kappa shape index (κ2) is 6.36. The van der Waals surface area contributed by atoms with Crippen molar-refractivity contribution < 1.29 is 9.09 Å². The summed E-state index contributed by atoms with van der Waals surface area (Å²) in [5.41, 5.74) is 0. The third-order valence-electron chi connectivity index (χ3n) is 2.26. The monoisotopic (exact) mass is 258 g/mol. The average Bonchev–Trinajstić information content (AvgIpc) is 2.22. The van der Waals surface area contributed by atoms with E-state index in [1.54, 1.807) is 0 Å². The SMILES string of the molecule is CCCP(=O)(CCC)Oc1ccccc1S. The van der Waals surface area contributed by atoms with E-state index in [1.807, 2.05) is 38.1 Å². The van der Waals surface area contributed by atoms with Gasteiger partial charge in [-0.25, -0.2) is 0 Å². The molecule has 1 aromatic carbocycles. The molecule has 0 aromatic heterocycles. The first kappa shape index (κ1) is 13.7. The molecule has 0 aliphatic heterocycles. The molecule has 0 aliphatic carbocycles. The van der Waals surface area contributed by atoms with Crippen molar-refractivity contribution in [3.05, 3.63) is 24.3 Å². The highest BCUT2D eigenvalue weighted by Gasteiger charge is 2.22. The Morgan fingerprint density at radius 1 is 1.19 bits per heavy atom. The number of thiol groups is 1. The number of benzene rings is 1. The van der Waals surface area contributed by atoms with E-state index in [1.165, 1.54) is 0 Å². The van der Waals surface area contributed by atoms with Crippen LogP contribution in [0, 0.1) is 0 Å². The fourth-order valence-corrected chi connectivity index (χ4v) is 4.16. The van der Waals surface area contributed by atoms with Crippen LogP contribution in [-0.2, 0) is 4.57 Å². The van der Waals surface area contributed by atoms with E-state index < -0.39 is 7.37 Å². The van der Waals surface area contributed by atoms with Gasteiger partial charge in [0.15, 0.2) is 0 Å². The fraction of sp³-hybridized carbons (Fsp3) is 0.500. The molecular weight excluding hydrogens is 239 g/mol. The molecule has 90 valence electrons. The van der Waals surface area contributed by atoms with Gasteiger partial charge in [0, 0.05) is 17.2 Å². The smallest absolute Gasteiger partial charge is 0.247 e. The summed E-state index contributed by atoms with van der Waals surface area (Å²) in [5, 5.41) is 0. The third kappa shape index (κ3) is 3.88. The van der Waals surface area contributed by atoms with Gasteiger partial charge in [0.2, 0.25) is 7.37 Å². The van der Waals surface area contributed by atoms with E-state index in [-0.39, 0.29) is 0 Å². The molecule has 1 aromatic rings. The largest absolute Gasteiger partial charge is 0.442 e. The first-order chi connectivity index (χ1) is 7.61. The van der Waals surface area contributed by atoms with Crippen molar-refractivity contribution in [1.82, 2.24) is 0 Å². The number of hydrogen-bond donors (Lipinski definition) is 1. The van der Waals surface area contributed by atoms with Crippen LogP contribution >= 0.6 is 20.0 Å². The summed E-state index contributed by atoms with van der Waals surface area (Å²) in [6.07, 6.45) is 3.05. The van der Waals surface area contributed by atoms with Gasteiger partial charge in [-0.2, -0.15) is 0 Å². The summed E-state index contributed by atoms with van der Waals surface area (Å²) in [5.74, 6) is 0.635. The van der Waals surface area contributed by atoms with E-state index >= 15 is 0 Å². The Morgan fingerprint density at radius 2 is 1.75 bits per heavy atom. The van der Waals surface area contributed by atoms with E-state index in [0.29, 0.717) is 18.1 Å². The minimum absolute atomic E-state index is 0.635. The van der Waals surface area contributed by atoms with Crippen LogP contribution in [0.25, 0.3) is 0 Å². The highest BCUT2D eigenvalue weighted by Crippen LogP contribution is 2.49. The third-order valence-corrected chi connectivity index (χ3v) is 5.41. The number of para-hydroxylation sites is 1. The molecule has 0 heterocycles. The summed E-state index contributed by atoms with van der Waals surface area (Å²) in [4.78, 5) is 0.745. The van der Waals surface area contributed by atoms with Crippen molar-refractivity contribution >= 4 is 20.0 Å². The van der Waals surface area contributed by atoms with Crippen LogP contribution in [0.4, 0.5) is 0 Å². The van der Waals surface area contributed by atoms with Crippen molar-refractivity contribution in [2.75, 3.05) is 12.3 Å². The van der Waals surface area contributed by atoms with Gasteiger partial charge < -0.3 is 4.52 Å². The highest BCUT2D eigenvalue weighted by atomic mass is 32.1. The summed E-state index contributed by atoms with van der Waals surface area (Å²) in [6.45, 7) is 4.05. The van der Waals surface area contributed by atoms with Crippen molar-refractivity contribution in [2.45, 2.75) is 31.6 Å². The summed E-state index contributed by atoms with van der Waals surface area (Å²) >= 11 is 4.30. The molecule has 1 rings (SSSR count). The minimum atomic E-state index is -2.52. The molecule has 4 heteroatoms. The Morgan fingerprint density at radius 3 is 2.25 bits per heavy atom. The summed E-state index contributed by atoms with van der Waals surface area (Å²) < 4.78 is 18.2. The molecule has 0 fully saturated rings. The lowest BCUT2D eigenvalue weighted by atomic mass is 10.3. The first-order valence-electron chi connectivity index (χ1n) is 5.67. The van der Waals surface area contributed by atoms with Crippen LogP contribution in [0.2, 0.25) is 0 Å². The van der Waals surface area contributed by atoms with Crippen LogP contribution in [0.3, 0.4) is 0 Å². The Hall–Kier alpha value is -0.400. The Labute approximate surface area is 103 Å². The molecule has 0 bridgehead atoms. The van der Waals surface area contributed by atoms with E-state index in [2.05, 4.69) is 12.6 Å². The quantitative estimate of drug-likeness (QED) is 0.602. The van der Waals surface area contributed by atoms with Crippen LogP contribution in [-0.4, -0.2) is 12.3 Å². The normalized spacial score (nSPS) is 11.4. The lowest BCUT2D eigenvalue weighted by Gasteiger charge is -2.19. The molecule has 16 heavy (non-hydrogen) atoms. The second-order valence-electron chi connectivity index (χ2n) is 3.82. The maximum absolute atomic E-state index is 12.5. The Kier molecular flexibility index (Phi) is 5.43. The molecule has 2 nitrogen and oxygen atoms in total. The predicted molar refractivity (Wildman–Crippen MR) is 72.2 cm³/mol. The second-order valence-corrected chi connectivity index (χ2v) is 7.01. The highest BCUT2D eigenvalue weighted by molar-refractivity contribution is 7.80. The topological polar surface area (TPSA) is 26.3 Å². The molecule has 0 unspecified atom stereocenters. The van der Waals surface area contributed by atoms with Crippen LogP contribution in [0.5, 0.6) is 5.75 Å². The summed E-state index contributed by atoms with van der Waals surface area (Å²) in [7, 11) is -2.52. The Bertz CT molecular complexity index is 369. The van der Waals surface area contributed by atoms with Gasteiger partial charge in [0.05, 0.1) is 0 Å². The molecule has 0 saturated heterocycles. The van der Waals surface area contributed by atoms with Gasteiger partial charge in [0.1, 0.15) is 5.75 Å². The van der Waals surface area contributed by atoms with Crippen molar-refractivity contribution in [1.29, 1.82) is 0 Å². The first-order valence-corrected chi connectivity index (χ1v) is 8.11. The van der Waals surface area contributed by atoms with Gasteiger partial charge in [0.25, 0.3) is 0 Å². The maximum atomic E-state index is 12.5. The molecule has 0 radical (unpaired) electrons. The molecule has 0 amide bonds. The zero-order valence-corrected chi connectivity index (χ0v) is 11.6. The van der Waals surface area contributed by atoms with Gasteiger partial charge in [-0.05, 0) is 25.0 Å². The van der Waals surface area contributed by atoms with E-state index in [4.69, 9.17) is 4.52 Å². The van der Waals surface area contributed by atoms with E-state index in [0.717, 1.165) is 17.7 Å². The van der Waals surface area contributed by atoms with Gasteiger partial charge in [-0.1, -0.05) is 26.0 Å². The maximum Gasteiger partial charge on any atom is 0.247 e. The summed E-state index contributed by atoms with van der Waals surface area (Å²) in [6, 6.07) is 7.43. The number of hydrogen-bond acceptors (Lipinski definition) is 3. The molecule has 0 saturated carbocycles. The van der Waals surface area contributed by atoms with Gasteiger partial charge in [-0.3, -0.25) is 4.57 Å². The Balaban J connectivity index is 2.83. The molecule has 0 N–H and O–H groups in total. The van der Waals surface area contributed by atoms with Gasteiger partial charge >= 0.3 is 0 Å². The molecule has 0 aliphatic rings. The molecular formula is C12H19O2PS. The van der Waals surface area contributed by atoms with Crippen LogP contribution in [0.15, 0.2) is 29.2 Å². The van der Waals surface area contributed by atoms with Gasteiger partial charge in [-0.15, -0.1) is 12.6 Å². The lowest BCUT2D eigenvalue weighted by molar-refractivity contribution is 0.474. The van der Waals surface area contributed by atoms with Crippen molar-refractivity contribution in [3.8, 4) is 5.75 Å². The molecule has 0 spiro atoms.